The molecule has 1 aromatic rings. The van der Waals surface area contributed by atoms with Crippen LogP contribution in [0.4, 0.5) is 17.1 Å². The van der Waals surface area contributed by atoms with Crippen LogP contribution in [0.3, 0.4) is 0 Å². The number of amides is 1. The van der Waals surface area contributed by atoms with E-state index < -0.39 is 4.92 Å². The zero-order valence-corrected chi connectivity index (χ0v) is 9.19. The smallest absolute Gasteiger partial charge is 0.273 e. The first-order chi connectivity index (χ1) is 8.06. The molecule has 0 aliphatic rings. The summed E-state index contributed by atoms with van der Waals surface area (Å²) in [4.78, 5) is 21.1. The lowest BCUT2D eigenvalue weighted by atomic mass is 10.2. The highest BCUT2D eigenvalue weighted by Gasteiger charge is 2.09. The fourth-order valence-electron chi connectivity index (χ4n) is 1.17. The van der Waals surface area contributed by atoms with Gasteiger partial charge in [0.2, 0.25) is 5.91 Å². The molecule has 0 radical (unpaired) electrons. The summed E-state index contributed by atoms with van der Waals surface area (Å²) in [5, 5.41) is 15.8. The minimum atomic E-state index is -0.536. The van der Waals surface area contributed by atoms with Gasteiger partial charge in [0, 0.05) is 24.9 Å². The number of nitrogens with one attached hydrogen (secondary N) is 3. The molecule has 0 saturated heterocycles. The van der Waals surface area contributed by atoms with Crippen molar-refractivity contribution in [1.82, 2.24) is 5.32 Å². The Morgan fingerprint density at radius 1 is 1.41 bits per heavy atom. The van der Waals surface area contributed by atoms with Crippen molar-refractivity contribution in [2.75, 3.05) is 24.3 Å². The van der Waals surface area contributed by atoms with Gasteiger partial charge >= 0.3 is 0 Å². The van der Waals surface area contributed by atoms with Gasteiger partial charge in [0.15, 0.2) is 0 Å². The zero-order valence-electron chi connectivity index (χ0n) is 9.19. The van der Waals surface area contributed by atoms with E-state index in [4.69, 9.17) is 5.84 Å². The Labute approximate surface area is 97.3 Å². The molecule has 1 amide bonds. The molecule has 0 heterocycles. The van der Waals surface area contributed by atoms with Gasteiger partial charge in [-0.05, 0) is 6.07 Å². The molecule has 0 aliphatic heterocycles. The number of nitro benzene ring substituents is 1. The van der Waals surface area contributed by atoms with E-state index >= 15 is 0 Å². The first-order valence-corrected chi connectivity index (χ1v) is 4.77. The topological polar surface area (TPSA) is 122 Å². The quantitative estimate of drug-likeness (QED) is 0.327. The molecule has 0 fully saturated rings. The van der Waals surface area contributed by atoms with Crippen LogP contribution in [0.5, 0.6) is 0 Å². The Bertz CT molecular complexity index is 435. The summed E-state index contributed by atoms with van der Waals surface area (Å²) in [5.41, 5.74) is 3.04. The maximum Gasteiger partial charge on any atom is 0.273 e. The van der Waals surface area contributed by atoms with Crippen LogP contribution in [0, 0.1) is 10.1 Å². The average Bonchev–Trinajstić information content (AvgIpc) is 2.35. The number of hydrazine groups is 1. The van der Waals surface area contributed by atoms with Gasteiger partial charge in [-0.25, -0.2) is 0 Å². The molecule has 17 heavy (non-hydrogen) atoms. The summed E-state index contributed by atoms with van der Waals surface area (Å²) in [7, 11) is 1.50. The van der Waals surface area contributed by atoms with Crippen molar-refractivity contribution in [2.24, 2.45) is 5.84 Å². The average molecular weight is 239 g/mol. The molecule has 0 bridgehead atoms. The molecular formula is C9H13N5O3. The van der Waals surface area contributed by atoms with E-state index in [-0.39, 0.29) is 18.1 Å². The van der Waals surface area contributed by atoms with Crippen molar-refractivity contribution in [2.45, 2.75) is 0 Å². The Hall–Kier alpha value is -2.35. The predicted molar refractivity (Wildman–Crippen MR) is 63.5 cm³/mol. The molecule has 0 atom stereocenters. The predicted octanol–water partition coefficient (Wildman–Crippen LogP) is 0.0383. The van der Waals surface area contributed by atoms with Gasteiger partial charge < -0.3 is 16.1 Å². The van der Waals surface area contributed by atoms with Crippen LogP contribution in [0.2, 0.25) is 0 Å². The number of nitrogens with two attached hydrogens (primary N) is 1. The summed E-state index contributed by atoms with van der Waals surface area (Å²) in [6.07, 6.45) is 0. The van der Waals surface area contributed by atoms with Crippen molar-refractivity contribution < 1.29 is 9.72 Å². The summed E-state index contributed by atoms with van der Waals surface area (Å²) in [6.45, 7) is 0.0294. The van der Waals surface area contributed by atoms with Crippen LogP contribution in [-0.4, -0.2) is 24.4 Å². The summed E-state index contributed by atoms with van der Waals surface area (Å²) >= 11 is 0. The number of carbonyl (C=O) groups excluding carboxylic acids is 1. The SMILES string of the molecule is CNC(=O)CNc1cc(NN)cc([N+](=O)[O-])c1. The molecule has 0 spiro atoms. The number of hydrogen-bond donors (Lipinski definition) is 4. The van der Waals surface area contributed by atoms with Gasteiger partial charge in [0.05, 0.1) is 17.2 Å². The Kier molecular flexibility index (Phi) is 4.23. The van der Waals surface area contributed by atoms with E-state index in [9.17, 15) is 14.9 Å². The highest BCUT2D eigenvalue weighted by atomic mass is 16.6. The van der Waals surface area contributed by atoms with Crippen molar-refractivity contribution in [3.63, 3.8) is 0 Å². The van der Waals surface area contributed by atoms with Crippen LogP contribution in [0.15, 0.2) is 18.2 Å². The van der Waals surface area contributed by atoms with Crippen molar-refractivity contribution in [3.05, 3.63) is 28.3 Å². The molecular weight excluding hydrogens is 226 g/mol. The zero-order chi connectivity index (χ0) is 12.8. The van der Waals surface area contributed by atoms with Crippen LogP contribution < -0.4 is 21.9 Å². The van der Waals surface area contributed by atoms with Crippen LogP contribution >= 0.6 is 0 Å². The molecule has 5 N–H and O–H groups in total. The number of carbonyl (C=O) groups is 1. The number of benzene rings is 1. The normalized spacial score (nSPS) is 9.53. The monoisotopic (exact) mass is 239 g/mol. The van der Waals surface area contributed by atoms with Gasteiger partial charge in [0.1, 0.15) is 0 Å². The second-order valence-electron chi connectivity index (χ2n) is 3.20. The Balaban J connectivity index is 2.87. The number of hydrogen-bond acceptors (Lipinski definition) is 6. The number of nitro groups is 1. The minimum absolute atomic E-state index is 0.0294. The van der Waals surface area contributed by atoms with Gasteiger partial charge in [-0.2, -0.15) is 0 Å². The van der Waals surface area contributed by atoms with E-state index in [1.165, 1.54) is 19.2 Å². The lowest BCUT2D eigenvalue weighted by molar-refractivity contribution is -0.384. The molecule has 1 rings (SSSR count). The second-order valence-corrected chi connectivity index (χ2v) is 3.20. The standard InChI is InChI=1S/C9H13N5O3/c1-11-9(15)5-12-6-2-7(13-10)4-8(3-6)14(16)17/h2-4,12-13H,5,10H2,1H3,(H,11,15). The van der Waals surface area contributed by atoms with Crippen LogP contribution in [-0.2, 0) is 4.79 Å². The number of rotatable bonds is 5. The first kappa shape index (κ1) is 12.7. The van der Waals surface area contributed by atoms with E-state index in [2.05, 4.69) is 16.1 Å². The second kappa shape index (κ2) is 5.66. The maximum absolute atomic E-state index is 11.0. The molecule has 0 aromatic heterocycles. The van der Waals surface area contributed by atoms with Crippen molar-refractivity contribution in [3.8, 4) is 0 Å². The highest BCUT2D eigenvalue weighted by molar-refractivity contribution is 5.80. The lowest BCUT2D eigenvalue weighted by Gasteiger charge is -2.07. The summed E-state index contributed by atoms with van der Waals surface area (Å²) < 4.78 is 0. The van der Waals surface area contributed by atoms with Crippen molar-refractivity contribution >= 4 is 23.0 Å². The number of non-ortho nitro benzene ring substituents is 1. The van der Waals surface area contributed by atoms with Gasteiger partial charge in [-0.15, -0.1) is 0 Å². The third-order valence-electron chi connectivity index (χ3n) is 2.03. The number of nitrogens with zero attached hydrogens (tertiary/aromatic N) is 1. The molecule has 0 unspecified atom stereocenters. The maximum atomic E-state index is 11.0. The summed E-state index contributed by atoms with van der Waals surface area (Å²) in [6, 6.07) is 4.19. The molecule has 0 aliphatic carbocycles. The third kappa shape index (κ3) is 3.61. The fraction of sp³-hybridized carbons (Fsp3) is 0.222. The van der Waals surface area contributed by atoms with E-state index in [0.717, 1.165) is 0 Å². The van der Waals surface area contributed by atoms with Crippen LogP contribution in [0.25, 0.3) is 0 Å². The fourth-order valence-corrected chi connectivity index (χ4v) is 1.17. The van der Waals surface area contributed by atoms with Gasteiger partial charge in [0.25, 0.3) is 5.69 Å². The number of anilines is 2. The van der Waals surface area contributed by atoms with Gasteiger partial charge in [-0.3, -0.25) is 20.8 Å². The lowest BCUT2D eigenvalue weighted by Crippen LogP contribution is -2.26. The third-order valence-corrected chi connectivity index (χ3v) is 2.03. The highest BCUT2D eigenvalue weighted by Crippen LogP contribution is 2.23. The Morgan fingerprint density at radius 3 is 2.59 bits per heavy atom. The molecule has 8 nitrogen and oxygen atoms in total. The van der Waals surface area contributed by atoms with Crippen molar-refractivity contribution in [1.29, 1.82) is 0 Å². The van der Waals surface area contributed by atoms with E-state index in [0.29, 0.717) is 11.4 Å². The Morgan fingerprint density at radius 2 is 2.06 bits per heavy atom. The van der Waals surface area contributed by atoms with E-state index in [1.54, 1.807) is 6.07 Å². The minimum Gasteiger partial charge on any atom is -0.376 e. The molecule has 8 heteroatoms. The molecule has 92 valence electrons. The van der Waals surface area contributed by atoms with E-state index in [1.807, 2.05) is 0 Å². The van der Waals surface area contributed by atoms with Crippen LogP contribution in [0.1, 0.15) is 0 Å². The summed E-state index contributed by atoms with van der Waals surface area (Å²) in [5.74, 6) is 4.97. The first-order valence-electron chi connectivity index (χ1n) is 4.77. The molecule has 1 aromatic carbocycles. The number of nitrogen functional groups attached to an aromatic ring is 1. The largest absolute Gasteiger partial charge is 0.376 e. The van der Waals surface area contributed by atoms with Gasteiger partial charge in [-0.1, -0.05) is 0 Å². The molecule has 0 saturated carbocycles. The number of likely N-dealkylation sites (N-methyl/N-ethyl adjacent to an activating group) is 1.